The van der Waals surface area contributed by atoms with Crippen LogP contribution in [0.5, 0.6) is 11.5 Å². The Kier molecular flexibility index (Phi) is 5.84. The predicted octanol–water partition coefficient (Wildman–Crippen LogP) is 4.04. The Labute approximate surface area is 157 Å². The lowest BCUT2D eigenvalue weighted by molar-refractivity contribution is 0.0955. The molecule has 0 heterocycles. The number of nitrogens with zero attached hydrogens (tertiary/aromatic N) is 1. The number of carbonyl (C=O) groups excluding carboxylic acids is 1. The topological polar surface area (TPSA) is 70.9 Å². The minimum absolute atomic E-state index is 0.105. The molecule has 2 N–H and O–H groups in total. The number of carbonyl (C=O) groups is 1. The number of amides is 1. The van der Waals surface area contributed by atoms with Crippen molar-refractivity contribution in [1.29, 1.82) is 0 Å². The molecule has 27 heavy (non-hydrogen) atoms. The Morgan fingerprint density at radius 2 is 1.74 bits per heavy atom. The number of hydrogen-bond acceptors (Lipinski definition) is 4. The summed E-state index contributed by atoms with van der Waals surface area (Å²) in [7, 11) is 0. The molecule has 0 aliphatic carbocycles. The lowest BCUT2D eigenvalue weighted by atomic mass is 10.1. The molecule has 0 spiro atoms. The van der Waals surface area contributed by atoms with E-state index in [1.807, 2.05) is 43.3 Å². The zero-order valence-electron chi connectivity index (χ0n) is 14.9. The summed E-state index contributed by atoms with van der Waals surface area (Å²) in [6.07, 6.45) is 1.40. The molecule has 136 valence electrons. The van der Waals surface area contributed by atoms with E-state index < -0.39 is 0 Å². The Morgan fingerprint density at radius 3 is 2.44 bits per heavy atom. The summed E-state index contributed by atoms with van der Waals surface area (Å²) >= 11 is 0. The van der Waals surface area contributed by atoms with Crippen molar-refractivity contribution in [1.82, 2.24) is 5.43 Å². The van der Waals surface area contributed by atoms with Gasteiger partial charge in [-0.05, 0) is 48.9 Å². The number of rotatable bonds is 6. The first-order chi connectivity index (χ1) is 13.1. The maximum Gasteiger partial charge on any atom is 0.271 e. The summed E-state index contributed by atoms with van der Waals surface area (Å²) in [5, 5.41) is 13.5. The highest BCUT2D eigenvalue weighted by Gasteiger charge is 2.05. The van der Waals surface area contributed by atoms with Gasteiger partial charge in [-0.3, -0.25) is 4.79 Å². The van der Waals surface area contributed by atoms with Gasteiger partial charge in [-0.2, -0.15) is 5.10 Å². The van der Waals surface area contributed by atoms with Crippen LogP contribution in [0.25, 0.3) is 0 Å². The van der Waals surface area contributed by atoms with Crippen molar-refractivity contribution in [3.63, 3.8) is 0 Å². The van der Waals surface area contributed by atoms with Gasteiger partial charge in [0, 0.05) is 11.1 Å². The van der Waals surface area contributed by atoms with Crippen molar-refractivity contribution in [2.75, 3.05) is 0 Å². The zero-order valence-corrected chi connectivity index (χ0v) is 14.9. The molecule has 0 atom stereocenters. The summed E-state index contributed by atoms with van der Waals surface area (Å²) < 4.78 is 5.72. The van der Waals surface area contributed by atoms with Crippen molar-refractivity contribution >= 4 is 12.1 Å². The fourth-order valence-electron chi connectivity index (χ4n) is 2.38. The number of nitrogens with one attached hydrogen (secondary N) is 1. The number of hydrogen-bond donors (Lipinski definition) is 2. The van der Waals surface area contributed by atoms with E-state index in [0.29, 0.717) is 17.7 Å². The van der Waals surface area contributed by atoms with Crippen LogP contribution in [0.3, 0.4) is 0 Å². The highest BCUT2D eigenvalue weighted by atomic mass is 16.5. The van der Waals surface area contributed by atoms with Gasteiger partial charge in [0.05, 0.1) is 6.21 Å². The van der Waals surface area contributed by atoms with Gasteiger partial charge in [-0.25, -0.2) is 5.43 Å². The number of para-hydroxylation sites is 1. The maximum atomic E-state index is 12.1. The van der Waals surface area contributed by atoms with E-state index in [1.165, 1.54) is 11.8 Å². The minimum atomic E-state index is -0.326. The molecule has 3 aromatic carbocycles. The third-order valence-electron chi connectivity index (χ3n) is 3.95. The van der Waals surface area contributed by atoms with E-state index in [9.17, 15) is 9.90 Å². The van der Waals surface area contributed by atoms with E-state index >= 15 is 0 Å². The van der Waals surface area contributed by atoms with Crippen LogP contribution in [0.4, 0.5) is 0 Å². The van der Waals surface area contributed by atoms with E-state index in [4.69, 9.17) is 4.74 Å². The molecule has 5 nitrogen and oxygen atoms in total. The Bertz CT molecular complexity index is 933. The van der Waals surface area contributed by atoms with Crippen LogP contribution < -0.4 is 10.2 Å². The predicted molar refractivity (Wildman–Crippen MR) is 105 cm³/mol. The number of hydrazone groups is 1. The quantitative estimate of drug-likeness (QED) is 0.515. The number of phenols is 1. The van der Waals surface area contributed by atoms with Gasteiger partial charge >= 0.3 is 0 Å². The first-order valence-electron chi connectivity index (χ1n) is 8.51. The van der Waals surface area contributed by atoms with Crippen molar-refractivity contribution < 1.29 is 14.6 Å². The smallest absolute Gasteiger partial charge is 0.271 e. The van der Waals surface area contributed by atoms with Crippen molar-refractivity contribution in [2.45, 2.75) is 13.5 Å². The van der Waals surface area contributed by atoms with Crippen LogP contribution in [0.2, 0.25) is 0 Å². The first kappa shape index (κ1) is 18.2. The normalized spacial score (nSPS) is 10.7. The van der Waals surface area contributed by atoms with Gasteiger partial charge in [-0.15, -0.1) is 0 Å². The van der Waals surface area contributed by atoms with Crippen LogP contribution in [0.1, 0.15) is 27.0 Å². The molecule has 0 radical (unpaired) electrons. The van der Waals surface area contributed by atoms with E-state index in [0.717, 1.165) is 11.3 Å². The lowest BCUT2D eigenvalue weighted by Crippen LogP contribution is -2.17. The molecule has 0 aromatic heterocycles. The van der Waals surface area contributed by atoms with Gasteiger partial charge in [0.25, 0.3) is 5.91 Å². The average molecular weight is 360 g/mol. The molecule has 5 heteroatoms. The maximum absolute atomic E-state index is 12.1. The highest BCUT2D eigenvalue weighted by molar-refractivity contribution is 5.95. The number of benzene rings is 3. The summed E-state index contributed by atoms with van der Waals surface area (Å²) in [4.78, 5) is 12.1. The molecule has 1 amide bonds. The van der Waals surface area contributed by atoms with Crippen LogP contribution in [0.15, 0.2) is 77.9 Å². The summed E-state index contributed by atoms with van der Waals surface area (Å²) in [6.45, 7) is 2.45. The molecular weight excluding hydrogens is 340 g/mol. The first-order valence-corrected chi connectivity index (χ1v) is 8.51. The summed E-state index contributed by atoms with van der Waals surface area (Å²) in [6, 6.07) is 21.7. The standard InChI is InChI=1S/C22H20N2O3/c1-16-6-12-20(13-7-16)27-15-17-8-10-18(11-9-17)22(26)24-23-14-19-4-2-3-5-21(19)25/h2-14,25H,15H2,1H3,(H,24,26)/b23-14+. The molecule has 0 unspecified atom stereocenters. The van der Waals surface area contributed by atoms with Crippen LogP contribution >= 0.6 is 0 Å². The Hall–Kier alpha value is -3.60. The second-order valence-electron chi connectivity index (χ2n) is 6.06. The molecule has 0 aliphatic heterocycles. The molecule has 0 saturated carbocycles. The third-order valence-corrected chi connectivity index (χ3v) is 3.95. The molecular formula is C22H20N2O3. The molecule has 0 bridgehead atoms. The fraction of sp³-hybridized carbons (Fsp3) is 0.0909. The van der Waals surface area contributed by atoms with E-state index in [1.54, 1.807) is 36.4 Å². The second-order valence-corrected chi connectivity index (χ2v) is 6.06. The third kappa shape index (κ3) is 5.19. The Balaban J connectivity index is 1.54. The average Bonchev–Trinajstić information content (AvgIpc) is 2.69. The summed E-state index contributed by atoms with van der Waals surface area (Å²) in [5.74, 6) is 0.585. The van der Waals surface area contributed by atoms with Crippen LogP contribution in [-0.2, 0) is 6.61 Å². The molecule has 0 saturated heterocycles. The van der Waals surface area contributed by atoms with Gasteiger partial charge in [0.2, 0.25) is 0 Å². The number of phenolic OH excluding ortho intramolecular Hbond substituents is 1. The van der Waals surface area contributed by atoms with Gasteiger partial charge in [-0.1, -0.05) is 42.0 Å². The number of aromatic hydroxyl groups is 1. The number of ether oxygens (including phenoxy) is 1. The highest BCUT2D eigenvalue weighted by Crippen LogP contribution is 2.14. The minimum Gasteiger partial charge on any atom is -0.507 e. The zero-order chi connectivity index (χ0) is 19.1. The monoisotopic (exact) mass is 360 g/mol. The molecule has 3 aromatic rings. The van der Waals surface area contributed by atoms with Gasteiger partial charge in [0.1, 0.15) is 18.1 Å². The largest absolute Gasteiger partial charge is 0.507 e. The fourth-order valence-corrected chi connectivity index (χ4v) is 2.38. The van der Waals surface area contributed by atoms with Gasteiger partial charge in [0.15, 0.2) is 0 Å². The lowest BCUT2D eigenvalue weighted by Gasteiger charge is -2.07. The second kappa shape index (κ2) is 8.67. The van der Waals surface area contributed by atoms with Crippen LogP contribution in [0, 0.1) is 6.92 Å². The van der Waals surface area contributed by atoms with E-state index in [-0.39, 0.29) is 11.7 Å². The molecule has 3 rings (SSSR count). The van der Waals surface area contributed by atoms with Crippen molar-refractivity contribution in [3.05, 3.63) is 95.1 Å². The van der Waals surface area contributed by atoms with Crippen LogP contribution in [-0.4, -0.2) is 17.2 Å². The van der Waals surface area contributed by atoms with Crippen molar-refractivity contribution in [3.8, 4) is 11.5 Å². The van der Waals surface area contributed by atoms with Crippen molar-refractivity contribution in [2.24, 2.45) is 5.10 Å². The Morgan fingerprint density at radius 1 is 1.04 bits per heavy atom. The summed E-state index contributed by atoms with van der Waals surface area (Å²) in [5.41, 5.74) is 5.61. The SMILES string of the molecule is Cc1ccc(OCc2ccc(C(=O)N/N=C/c3ccccc3O)cc2)cc1. The molecule has 0 aliphatic rings. The molecule has 0 fully saturated rings. The van der Waals surface area contributed by atoms with Gasteiger partial charge < -0.3 is 9.84 Å². The number of aryl methyl sites for hydroxylation is 1. The van der Waals surface area contributed by atoms with E-state index in [2.05, 4.69) is 10.5 Å².